The molecule has 5 nitrogen and oxygen atoms in total. The predicted octanol–water partition coefficient (Wildman–Crippen LogP) is 1.29. The first kappa shape index (κ1) is 15.4. The van der Waals surface area contributed by atoms with Crippen molar-refractivity contribution in [2.24, 2.45) is 0 Å². The van der Waals surface area contributed by atoms with Crippen LogP contribution < -0.4 is 5.32 Å². The van der Waals surface area contributed by atoms with Crippen LogP contribution in [-0.2, 0) is 10.3 Å². The molecule has 0 aromatic heterocycles. The lowest BCUT2D eigenvalue weighted by Crippen LogP contribution is -2.41. The van der Waals surface area contributed by atoms with Gasteiger partial charge in [0.1, 0.15) is 5.54 Å². The summed E-state index contributed by atoms with van der Waals surface area (Å²) in [6, 6.07) is 2.64. The second kappa shape index (κ2) is 5.40. The summed E-state index contributed by atoms with van der Waals surface area (Å²) in [6.07, 6.45) is 0. The molecule has 0 radical (unpaired) electrons. The second-order valence-electron chi connectivity index (χ2n) is 5.44. The molecule has 21 heavy (non-hydrogen) atoms. The van der Waals surface area contributed by atoms with Crippen LogP contribution in [0.15, 0.2) is 18.2 Å². The van der Waals surface area contributed by atoms with Crippen LogP contribution >= 0.6 is 0 Å². The molecule has 0 saturated carbocycles. The van der Waals surface area contributed by atoms with Gasteiger partial charge in [-0.25, -0.2) is 13.6 Å². The Kier molecular flexibility index (Phi) is 3.95. The third-order valence-corrected chi connectivity index (χ3v) is 3.54. The van der Waals surface area contributed by atoms with Gasteiger partial charge in [0.25, 0.3) is 5.91 Å². The van der Waals surface area contributed by atoms with Crippen LogP contribution in [0.2, 0.25) is 0 Å². The molecule has 0 unspecified atom stereocenters. The summed E-state index contributed by atoms with van der Waals surface area (Å²) < 4.78 is 26.4. The molecule has 1 aromatic carbocycles. The zero-order valence-corrected chi connectivity index (χ0v) is 12.1. The monoisotopic (exact) mass is 297 g/mol. The molecule has 114 valence electrons. The number of hydrogen-bond donors (Lipinski definition) is 1. The Labute approximate surface area is 121 Å². The van der Waals surface area contributed by atoms with E-state index in [1.807, 2.05) is 19.0 Å². The Morgan fingerprint density at radius 2 is 1.90 bits per heavy atom. The Morgan fingerprint density at radius 1 is 1.24 bits per heavy atom. The summed E-state index contributed by atoms with van der Waals surface area (Å²) in [5, 5.41) is 2.55. The van der Waals surface area contributed by atoms with Crippen LogP contribution in [-0.4, -0.2) is 48.9 Å². The van der Waals surface area contributed by atoms with Crippen molar-refractivity contribution >= 4 is 11.9 Å². The van der Waals surface area contributed by atoms with E-state index in [9.17, 15) is 18.4 Å². The van der Waals surface area contributed by atoms with E-state index in [4.69, 9.17) is 0 Å². The zero-order valence-electron chi connectivity index (χ0n) is 12.1. The van der Waals surface area contributed by atoms with Crippen molar-refractivity contribution in [2.75, 3.05) is 27.2 Å². The van der Waals surface area contributed by atoms with E-state index in [-0.39, 0.29) is 12.1 Å². The number of hydrogen-bond acceptors (Lipinski definition) is 3. The van der Waals surface area contributed by atoms with Crippen LogP contribution in [0, 0.1) is 11.6 Å². The fourth-order valence-electron chi connectivity index (χ4n) is 2.20. The standard InChI is InChI=1S/C14H17F2N3O2/c1-14(9-4-5-10(15)11(16)8-9)12(20)19(13(21)17-14)7-6-18(2)3/h4-5,8H,6-7H2,1-3H3,(H,17,21)/t14-/m1/s1. The van der Waals surface area contributed by atoms with Gasteiger partial charge in [0, 0.05) is 13.1 Å². The van der Waals surface area contributed by atoms with Crippen molar-refractivity contribution in [2.45, 2.75) is 12.5 Å². The van der Waals surface area contributed by atoms with E-state index >= 15 is 0 Å². The van der Waals surface area contributed by atoms with Crippen LogP contribution in [0.25, 0.3) is 0 Å². The summed E-state index contributed by atoms with van der Waals surface area (Å²) in [4.78, 5) is 27.3. The lowest BCUT2D eigenvalue weighted by atomic mass is 9.92. The van der Waals surface area contributed by atoms with Gasteiger partial charge in [0.2, 0.25) is 0 Å². The fraction of sp³-hybridized carbons (Fsp3) is 0.429. The van der Waals surface area contributed by atoms with Crippen molar-refractivity contribution in [3.8, 4) is 0 Å². The lowest BCUT2D eigenvalue weighted by Gasteiger charge is -2.22. The first-order chi connectivity index (χ1) is 9.75. The molecule has 1 saturated heterocycles. The highest BCUT2D eigenvalue weighted by Crippen LogP contribution is 2.29. The molecular formula is C14H17F2N3O2. The van der Waals surface area contributed by atoms with Gasteiger partial charge in [-0.05, 0) is 38.7 Å². The number of benzene rings is 1. The summed E-state index contributed by atoms with van der Waals surface area (Å²) >= 11 is 0. The van der Waals surface area contributed by atoms with Crippen molar-refractivity contribution in [1.82, 2.24) is 15.1 Å². The number of imide groups is 1. The maximum absolute atomic E-state index is 13.4. The minimum Gasteiger partial charge on any atom is -0.319 e. The third kappa shape index (κ3) is 2.73. The highest BCUT2D eigenvalue weighted by atomic mass is 19.2. The molecule has 1 fully saturated rings. The van der Waals surface area contributed by atoms with Gasteiger partial charge in [0.05, 0.1) is 0 Å². The molecule has 2 rings (SSSR count). The predicted molar refractivity (Wildman–Crippen MR) is 72.5 cm³/mol. The zero-order chi connectivity index (χ0) is 15.8. The highest BCUT2D eigenvalue weighted by Gasteiger charge is 2.48. The average Bonchev–Trinajstić information content (AvgIpc) is 2.62. The topological polar surface area (TPSA) is 52.6 Å². The van der Waals surface area contributed by atoms with Crippen molar-refractivity contribution in [3.63, 3.8) is 0 Å². The van der Waals surface area contributed by atoms with Crippen molar-refractivity contribution in [1.29, 1.82) is 0 Å². The number of rotatable bonds is 4. The van der Waals surface area contributed by atoms with E-state index < -0.39 is 29.1 Å². The largest absolute Gasteiger partial charge is 0.325 e. The van der Waals surface area contributed by atoms with Gasteiger partial charge in [-0.3, -0.25) is 9.69 Å². The molecule has 1 N–H and O–H groups in total. The quantitative estimate of drug-likeness (QED) is 0.852. The maximum atomic E-state index is 13.4. The van der Waals surface area contributed by atoms with E-state index in [0.29, 0.717) is 6.54 Å². The normalized spacial score (nSPS) is 22.1. The molecule has 3 amide bonds. The Hall–Kier alpha value is -2.02. The van der Waals surface area contributed by atoms with Gasteiger partial charge in [0.15, 0.2) is 11.6 Å². The summed E-state index contributed by atoms with van der Waals surface area (Å²) in [6.45, 7) is 2.24. The molecule has 0 bridgehead atoms. The molecular weight excluding hydrogens is 280 g/mol. The van der Waals surface area contributed by atoms with Gasteiger partial charge >= 0.3 is 6.03 Å². The summed E-state index contributed by atoms with van der Waals surface area (Å²) in [7, 11) is 3.65. The number of halogens is 2. The summed E-state index contributed by atoms with van der Waals surface area (Å²) in [5.74, 6) is -2.52. The van der Waals surface area contributed by atoms with Crippen molar-refractivity contribution < 1.29 is 18.4 Å². The molecule has 1 aliphatic rings. The minimum absolute atomic E-state index is 0.215. The molecule has 7 heteroatoms. The van der Waals surface area contributed by atoms with E-state index in [0.717, 1.165) is 17.0 Å². The first-order valence-electron chi connectivity index (χ1n) is 6.50. The lowest BCUT2D eigenvalue weighted by molar-refractivity contribution is -0.131. The van der Waals surface area contributed by atoms with Crippen LogP contribution in [0.3, 0.4) is 0 Å². The third-order valence-electron chi connectivity index (χ3n) is 3.54. The van der Waals surface area contributed by atoms with Gasteiger partial charge in [-0.1, -0.05) is 6.07 Å². The minimum atomic E-state index is -1.38. The molecule has 1 aromatic rings. The molecule has 1 atom stereocenters. The average molecular weight is 297 g/mol. The Balaban J connectivity index is 2.29. The Bertz CT molecular complexity index is 592. The van der Waals surface area contributed by atoms with Gasteiger partial charge < -0.3 is 10.2 Å². The van der Waals surface area contributed by atoms with Crippen LogP contribution in [0.4, 0.5) is 13.6 Å². The van der Waals surface area contributed by atoms with Crippen LogP contribution in [0.5, 0.6) is 0 Å². The number of likely N-dealkylation sites (N-methyl/N-ethyl adjacent to an activating group) is 1. The smallest absolute Gasteiger partial charge is 0.319 e. The first-order valence-corrected chi connectivity index (χ1v) is 6.50. The van der Waals surface area contributed by atoms with Crippen LogP contribution in [0.1, 0.15) is 12.5 Å². The number of urea groups is 1. The highest BCUT2D eigenvalue weighted by molar-refractivity contribution is 6.07. The molecule has 0 spiro atoms. The fourth-order valence-corrected chi connectivity index (χ4v) is 2.20. The molecule has 1 aliphatic heterocycles. The number of nitrogens with zero attached hydrogens (tertiary/aromatic N) is 2. The number of nitrogens with one attached hydrogen (secondary N) is 1. The summed E-state index contributed by atoms with van der Waals surface area (Å²) in [5.41, 5.74) is -1.16. The van der Waals surface area contributed by atoms with Gasteiger partial charge in [-0.15, -0.1) is 0 Å². The SMILES string of the molecule is CN(C)CCN1C(=O)N[C@](C)(c2ccc(F)c(F)c2)C1=O. The maximum Gasteiger partial charge on any atom is 0.325 e. The second-order valence-corrected chi connectivity index (χ2v) is 5.44. The van der Waals surface area contributed by atoms with Crippen molar-refractivity contribution in [3.05, 3.63) is 35.4 Å². The van der Waals surface area contributed by atoms with E-state index in [1.54, 1.807) is 0 Å². The number of carbonyl (C=O) groups excluding carboxylic acids is 2. The Morgan fingerprint density at radius 3 is 2.48 bits per heavy atom. The molecule has 0 aliphatic carbocycles. The van der Waals surface area contributed by atoms with Gasteiger partial charge in [-0.2, -0.15) is 0 Å². The number of amides is 3. The molecule has 1 heterocycles. The van der Waals surface area contributed by atoms with E-state index in [1.165, 1.54) is 13.0 Å². The van der Waals surface area contributed by atoms with E-state index in [2.05, 4.69) is 5.32 Å². The number of carbonyl (C=O) groups is 2.